The summed E-state index contributed by atoms with van der Waals surface area (Å²) in [5, 5.41) is 3.74. The van der Waals surface area contributed by atoms with Gasteiger partial charge in [0.25, 0.3) is 0 Å². The van der Waals surface area contributed by atoms with Gasteiger partial charge in [-0.25, -0.2) is 0 Å². The van der Waals surface area contributed by atoms with Crippen LogP contribution in [0.1, 0.15) is 24.8 Å². The highest BCUT2D eigenvalue weighted by Crippen LogP contribution is 2.20. The molecule has 1 aromatic rings. The van der Waals surface area contributed by atoms with E-state index in [1.54, 1.807) is 12.1 Å². The van der Waals surface area contributed by atoms with Crippen LogP contribution in [-0.2, 0) is 4.79 Å². The van der Waals surface area contributed by atoms with Gasteiger partial charge in [0, 0.05) is 24.2 Å². The highest BCUT2D eigenvalue weighted by Gasteiger charge is 2.04. The summed E-state index contributed by atoms with van der Waals surface area (Å²) in [5.74, 6) is -0.265. The average Bonchev–Trinajstić information content (AvgIpc) is 2.27. The molecule has 1 amide bonds. The van der Waals surface area contributed by atoms with Gasteiger partial charge in [0.05, 0.1) is 5.02 Å². The van der Waals surface area contributed by atoms with E-state index in [-0.39, 0.29) is 10.9 Å². The Morgan fingerprint density at radius 2 is 2.06 bits per heavy atom. The summed E-state index contributed by atoms with van der Waals surface area (Å²) in [6.45, 7) is 0.760. The largest absolute Gasteiger partial charge is 0.389 e. The van der Waals surface area contributed by atoms with E-state index in [0.717, 1.165) is 25.1 Å². The van der Waals surface area contributed by atoms with E-state index in [0.29, 0.717) is 17.0 Å². The summed E-state index contributed by atoms with van der Waals surface area (Å²) in [4.78, 5) is 10.8. The van der Waals surface area contributed by atoms with E-state index in [1.807, 2.05) is 6.07 Å². The van der Waals surface area contributed by atoms with Crippen molar-refractivity contribution in [2.24, 2.45) is 11.5 Å². The molecule has 0 radical (unpaired) electrons. The molecule has 1 rings (SSSR count). The molecule has 0 bridgehead atoms. The van der Waals surface area contributed by atoms with Crippen LogP contribution in [0.15, 0.2) is 18.2 Å². The molecule has 0 spiro atoms. The van der Waals surface area contributed by atoms with Crippen molar-refractivity contribution in [2.45, 2.75) is 19.3 Å². The highest BCUT2D eigenvalue weighted by atomic mass is 35.5. The number of carbonyl (C=O) groups excluding carboxylic acids is 1. The number of thiocarbonyl (C=S) groups is 1. The van der Waals surface area contributed by atoms with Gasteiger partial charge in [-0.05, 0) is 31.0 Å². The van der Waals surface area contributed by atoms with Crippen LogP contribution in [0.5, 0.6) is 0 Å². The van der Waals surface area contributed by atoms with Crippen molar-refractivity contribution >= 4 is 40.4 Å². The second-order valence-corrected chi connectivity index (χ2v) is 4.76. The predicted molar refractivity (Wildman–Crippen MR) is 78.9 cm³/mol. The maximum atomic E-state index is 10.5. The fraction of sp³-hybridized carbons (Fsp3) is 0.333. The first kappa shape index (κ1) is 14.7. The SMILES string of the molecule is NC(=O)CCCCNc1ccc(C(N)=S)c(Cl)c1. The lowest BCUT2D eigenvalue weighted by Gasteiger charge is -2.08. The minimum absolute atomic E-state index is 0.265. The third kappa shape index (κ3) is 4.89. The lowest BCUT2D eigenvalue weighted by molar-refractivity contribution is -0.118. The molecule has 0 unspecified atom stereocenters. The molecule has 0 aromatic heterocycles. The molecule has 0 heterocycles. The van der Waals surface area contributed by atoms with Crippen LogP contribution in [0, 0.1) is 0 Å². The fourth-order valence-electron chi connectivity index (χ4n) is 1.48. The van der Waals surface area contributed by atoms with Crippen LogP contribution in [0.3, 0.4) is 0 Å². The van der Waals surface area contributed by atoms with Gasteiger partial charge in [0.2, 0.25) is 5.91 Å². The number of primary amides is 1. The fourth-order valence-corrected chi connectivity index (χ4v) is 2.00. The van der Waals surface area contributed by atoms with Crippen molar-refractivity contribution < 1.29 is 4.79 Å². The van der Waals surface area contributed by atoms with Crippen molar-refractivity contribution in [2.75, 3.05) is 11.9 Å². The first-order valence-electron chi connectivity index (χ1n) is 5.62. The predicted octanol–water partition coefficient (Wildman–Crippen LogP) is 2.04. The number of hydrogen-bond acceptors (Lipinski definition) is 3. The van der Waals surface area contributed by atoms with Crippen LogP contribution < -0.4 is 16.8 Å². The van der Waals surface area contributed by atoms with Crippen LogP contribution in [0.25, 0.3) is 0 Å². The van der Waals surface area contributed by atoms with Gasteiger partial charge in [-0.2, -0.15) is 0 Å². The van der Waals surface area contributed by atoms with E-state index in [1.165, 1.54) is 0 Å². The van der Waals surface area contributed by atoms with Gasteiger partial charge in [-0.15, -0.1) is 0 Å². The first-order valence-corrected chi connectivity index (χ1v) is 6.41. The molecule has 0 aliphatic rings. The molecule has 1 aromatic carbocycles. The molecule has 0 aliphatic carbocycles. The van der Waals surface area contributed by atoms with Gasteiger partial charge in [-0.1, -0.05) is 23.8 Å². The van der Waals surface area contributed by atoms with Crippen LogP contribution in [-0.4, -0.2) is 17.4 Å². The second-order valence-electron chi connectivity index (χ2n) is 3.91. The molecule has 5 N–H and O–H groups in total. The topological polar surface area (TPSA) is 81.1 Å². The number of rotatable bonds is 7. The standard InChI is InChI=1S/C12H16ClN3OS/c13-10-7-8(4-5-9(10)12(15)18)16-6-2-1-3-11(14)17/h4-5,7,16H,1-3,6H2,(H2,14,17)(H2,15,18). The third-order valence-electron chi connectivity index (χ3n) is 2.41. The highest BCUT2D eigenvalue weighted by molar-refractivity contribution is 7.80. The summed E-state index contributed by atoms with van der Waals surface area (Å²) in [5.41, 5.74) is 12.1. The van der Waals surface area contributed by atoms with Gasteiger partial charge in [0.1, 0.15) is 4.99 Å². The van der Waals surface area contributed by atoms with Crippen molar-refractivity contribution in [3.8, 4) is 0 Å². The number of halogens is 1. The van der Waals surface area contributed by atoms with Crippen molar-refractivity contribution in [1.82, 2.24) is 0 Å². The molecular formula is C12H16ClN3OS. The number of benzene rings is 1. The number of anilines is 1. The summed E-state index contributed by atoms with van der Waals surface area (Å²) in [6.07, 6.45) is 2.07. The van der Waals surface area contributed by atoms with Crippen LogP contribution in [0.4, 0.5) is 5.69 Å². The zero-order valence-corrected chi connectivity index (χ0v) is 11.5. The first-order chi connectivity index (χ1) is 8.50. The zero-order valence-electron chi connectivity index (χ0n) is 9.91. The number of nitrogens with one attached hydrogen (secondary N) is 1. The van der Waals surface area contributed by atoms with Crippen molar-refractivity contribution in [3.05, 3.63) is 28.8 Å². The number of carbonyl (C=O) groups is 1. The van der Waals surface area contributed by atoms with E-state index in [2.05, 4.69) is 5.32 Å². The number of amides is 1. The summed E-state index contributed by atoms with van der Waals surface area (Å²) >= 11 is 10.9. The molecule has 6 heteroatoms. The molecule has 0 aliphatic heterocycles. The Labute approximate surface area is 117 Å². The molecule has 0 saturated carbocycles. The quantitative estimate of drug-likeness (QED) is 0.529. The molecule has 98 valence electrons. The average molecular weight is 286 g/mol. The molecule has 4 nitrogen and oxygen atoms in total. The third-order valence-corrected chi connectivity index (χ3v) is 2.95. The van der Waals surface area contributed by atoms with E-state index in [9.17, 15) is 4.79 Å². The van der Waals surface area contributed by atoms with E-state index >= 15 is 0 Å². The molecular weight excluding hydrogens is 270 g/mol. The van der Waals surface area contributed by atoms with E-state index in [4.69, 9.17) is 35.3 Å². The van der Waals surface area contributed by atoms with Gasteiger partial charge in [-0.3, -0.25) is 4.79 Å². The molecule has 0 fully saturated rings. The van der Waals surface area contributed by atoms with Crippen molar-refractivity contribution in [3.63, 3.8) is 0 Å². The van der Waals surface area contributed by atoms with Crippen LogP contribution >= 0.6 is 23.8 Å². The van der Waals surface area contributed by atoms with Crippen LogP contribution in [0.2, 0.25) is 5.02 Å². The van der Waals surface area contributed by atoms with Gasteiger partial charge < -0.3 is 16.8 Å². The van der Waals surface area contributed by atoms with Gasteiger partial charge >= 0.3 is 0 Å². The maximum Gasteiger partial charge on any atom is 0.217 e. The maximum absolute atomic E-state index is 10.5. The Morgan fingerprint density at radius 1 is 1.33 bits per heavy atom. The Bertz CT molecular complexity index is 451. The van der Waals surface area contributed by atoms with E-state index < -0.39 is 0 Å². The molecule has 0 saturated heterocycles. The molecule has 0 atom stereocenters. The second kappa shape index (κ2) is 7.18. The normalized spacial score (nSPS) is 10.1. The Balaban J connectivity index is 2.42. The monoisotopic (exact) mass is 285 g/mol. The Morgan fingerprint density at radius 3 is 2.61 bits per heavy atom. The van der Waals surface area contributed by atoms with Gasteiger partial charge in [0.15, 0.2) is 0 Å². The summed E-state index contributed by atoms with van der Waals surface area (Å²) in [6, 6.07) is 5.44. The minimum atomic E-state index is -0.265. The summed E-state index contributed by atoms with van der Waals surface area (Å²) < 4.78 is 0. The summed E-state index contributed by atoms with van der Waals surface area (Å²) in [7, 11) is 0. The lowest BCUT2D eigenvalue weighted by Crippen LogP contribution is -2.11. The number of hydrogen-bond donors (Lipinski definition) is 3. The minimum Gasteiger partial charge on any atom is -0.389 e. The number of unbranched alkanes of at least 4 members (excludes halogenated alkanes) is 1. The zero-order chi connectivity index (χ0) is 13.5. The lowest BCUT2D eigenvalue weighted by atomic mass is 10.2. The smallest absolute Gasteiger partial charge is 0.217 e. The number of nitrogens with two attached hydrogens (primary N) is 2. The Kier molecular flexibility index (Phi) is 5.88. The Hall–Kier alpha value is -1.33. The van der Waals surface area contributed by atoms with Crippen molar-refractivity contribution in [1.29, 1.82) is 0 Å². The molecule has 18 heavy (non-hydrogen) atoms.